The maximum absolute atomic E-state index is 3.52. The van der Waals surface area contributed by atoms with Crippen LogP contribution in [0.3, 0.4) is 0 Å². The highest BCUT2D eigenvalue weighted by Gasteiger charge is 2.23. The summed E-state index contributed by atoms with van der Waals surface area (Å²) in [6.45, 7) is 9.18. The molecule has 0 unspecified atom stereocenters. The van der Waals surface area contributed by atoms with Gasteiger partial charge in [-0.1, -0.05) is 48.9 Å². The Bertz CT molecular complexity index is 102. The third kappa shape index (κ3) is 5.34. The van der Waals surface area contributed by atoms with Crippen LogP contribution in [-0.2, 0) is 0 Å². The lowest BCUT2D eigenvalue weighted by molar-refractivity contribution is 0.341. The van der Waals surface area contributed by atoms with Gasteiger partial charge in [-0.05, 0) is 11.8 Å². The molecular formula is C8H18BBr. The maximum atomic E-state index is 3.52. The second-order valence-electron chi connectivity index (χ2n) is 5.04. The Kier molecular flexibility index (Phi) is 3.47. The number of halogens is 1. The largest absolute Gasteiger partial charge is 0.108 e. The van der Waals surface area contributed by atoms with E-state index >= 15 is 0 Å². The van der Waals surface area contributed by atoms with Gasteiger partial charge in [0.05, 0.1) is 0 Å². The van der Waals surface area contributed by atoms with Crippen molar-refractivity contribution in [3.05, 3.63) is 0 Å². The molecule has 10 heavy (non-hydrogen) atoms. The van der Waals surface area contributed by atoms with Gasteiger partial charge in [0.2, 0.25) is 0 Å². The molecule has 0 bridgehead atoms. The third-order valence-electron chi connectivity index (χ3n) is 1.37. The summed E-state index contributed by atoms with van der Waals surface area (Å²) in [5, 5.41) is 1.55. The SMILES string of the molecule is BC(C)(C)CC(C)(C)CBr. The van der Waals surface area contributed by atoms with Crippen molar-refractivity contribution in [2.24, 2.45) is 5.41 Å². The van der Waals surface area contributed by atoms with Crippen molar-refractivity contribution in [2.75, 3.05) is 5.33 Å². The molecule has 0 N–H and O–H groups in total. The van der Waals surface area contributed by atoms with Crippen molar-refractivity contribution in [3.63, 3.8) is 0 Å². The van der Waals surface area contributed by atoms with Crippen molar-refractivity contribution in [3.8, 4) is 0 Å². The molecule has 0 atom stereocenters. The highest BCUT2D eigenvalue weighted by atomic mass is 79.9. The predicted molar refractivity (Wildman–Crippen MR) is 54.8 cm³/mol. The van der Waals surface area contributed by atoms with Crippen LogP contribution < -0.4 is 0 Å². The van der Waals surface area contributed by atoms with E-state index in [1.165, 1.54) is 6.42 Å². The molecule has 0 aromatic rings. The molecule has 0 aromatic carbocycles. The van der Waals surface area contributed by atoms with Gasteiger partial charge in [-0.25, -0.2) is 0 Å². The fourth-order valence-electron chi connectivity index (χ4n) is 1.48. The molecule has 0 saturated heterocycles. The van der Waals surface area contributed by atoms with Crippen molar-refractivity contribution in [1.29, 1.82) is 0 Å². The van der Waals surface area contributed by atoms with Crippen LogP contribution in [0.5, 0.6) is 0 Å². The van der Waals surface area contributed by atoms with Gasteiger partial charge in [0.15, 0.2) is 0 Å². The molecule has 0 radical (unpaired) electrons. The van der Waals surface area contributed by atoms with E-state index in [1.807, 2.05) is 0 Å². The van der Waals surface area contributed by atoms with Crippen molar-refractivity contribution in [1.82, 2.24) is 0 Å². The summed E-state index contributed by atoms with van der Waals surface area (Å²) in [5.41, 5.74) is 0.443. The molecule has 2 heteroatoms. The van der Waals surface area contributed by atoms with Crippen LogP contribution in [0.2, 0.25) is 5.31 Å². The Hall–Kier alpha value is 0.545. The van der Waals surface area contributed by atoms with Gasteiger partial charge < -0.3 is 0 Å². The van der Waals surface area contributed by atoms with Crippen LogP contribution in [-0.4, -0.2) is 13.2 Å². The van der Waals surface area contributed by atoms with E-state index in [-0.39, 0.29) is 0 Å². The first kappa shape index (κ1) is 10.5. The summed E-state index contributed by atoms with van der Waals surface area (Å²) >= 11 is 3.52. The highest BCUT2D eigenvalue weighted by molar-refractivity contribution is 9.09. The van der Waals surface area contributed by atoms with E-state index in [1.54, 1.807) is 0 Å². The number of hydrogen-bond acceptors (Lipinski definition) is 0. The normalized spacial score (nSPS) is 13.7. The average Bonchev–Trinajstić information content (AvgIpc) is 1.60. The third-order valence-corrected chi connectivity index (χ3v) is 2.89. The highest BCUT2D eigenvalue weighted by Crippen LogP contribution is 2.36. The van der Waals surface area contributed by atoms with Gasteiger partial charge in [-0.2, -0.15) is 0 Å². The molecule has 0 aliphatic rings. The summed E-state index contributed by atoms with van der Waals surface area (Å²) in [5.74, 6) is 0. The zero-order chi connectivity index (χ0) is 8.41. The second kappa shape index (κ2) is 3.29. The molecule has 0 aromatic heterocycles. The van der Waals surface area contributed by atoms with E-state index in [4.69, 9.17) is 0 Å². The first-order chi connectivity index (χ1) is 4.27. The van der Waals surface area contributed by atoms with E-state index in [9.17, 15) is 0 Å². The summed E-state index contributed by atoms with van der Waals surface area (Å²) in [6.07, 6.45) is 1.27. The Labute approximate surface area is 74.3 Å². The van der Waals surface area contributed by atoms with E-state index in [2.05, 4.69) is 51.5 Å². The maximum Gasteiger partial charge on any atom is 0.108 e. The van der Waals surface area contributed by atoms with Gasteiger partial charge in [0, 0.05) is 5.33 Å². The zero-order valence-electron chi connectivity index (χ0n) is 7.79. The first-order valence-corrected chi connectivity index (χ1v) is 4.95. The van der Waals surface area contributed by atoms with E-state index < -0.39 is 0 Å². The molecular weight excluding hydrogens is 187 g/mol. The molecule has 0 spiro atoms. The fraction of sp³-hybridized carbons (Fsp3) is 1.00. The number of rotatable bonds is 3. The number of alkyl halides is 1. The molecule has 0 aliphatic carbocycles. The quantitative estimate of drug-likeness (QED) is 0.490. The first-order valence-electron chi connectivity index (χ1n) is 3.83. The van der Waals surface area contributed by atoms with Crippen LogP contribution in [0, 0.1) is 5.41 Å². The van der Waals surface area contributed by atoms with Crippen LogP contribution in [0.15, 0.2) is 0 Å². The summed E-state index contributed by atoms with van der Waals surface area (Å²) in [7, 11) is 2.29. The van der Waals surface area contributed by atoms with Crippen LogP contribution >= 0.6 is 15.9 Å². The predicted octanol–water partition coefficient (Wildman–Crippen LogP) is 2.63. The molecule has 0 saturated carbocycles. The lowest BCUT2D eigenvalue weighted by atomic mass is 9.64. The molecule has 0 amide bonds. The standard InChI is InChI=1S/C8H18BBr/c1-7(2,6-10)5-8(3,4)9/h5-6,9H2,1-4H3. The van der Waals surface area contributed by atoms with Crippen LogP contribution in [0.25, 0.3) is 0 Å². The second-order valence-corrected chi connectivity index (χ2v) is 5.60. The van der Waals surface area contributed by atoms with E-state index in [0.29, 0.717) is 10.7 Å². The Morgan fingerprint density at radius 3 is 1.70 bits per heavy atom. The Balaban J connectivity index is 3.89. The fourth-order valence-corrected chi connectivity index (χ4v) is 1.68. The summed E-state index contributed by atoms with van der Waals surface area (Å²) < 4.78 is 0. The topological polar surface area (TPSA) is 0 Å². The van der Waals surface area contributed by atoms with Crippen molar-refractivity contribution < 1.29 is 0 Å². The summed E-state index contributed by atoms with van der Waals surface area (Å²) in [6, 6.07) is 0. The monoisotopic (exact) mass is 204 g/mol. The summed E-state index contributed by atoms with van der Waals surface area (Å²) in [4.78, 5) is 0. The van der Waals surface area contributed by atoms with Gasteiger partial charge in [0.25, 0.3) is 0 Å². The lowest BCUT2D eigenvalue weighted by Gasteiger charge is -2.30. The molecule has 0 rings (SSSR count). The van der Waals surface area contributed by atoms with Crippen LogP contribution in [0.1, 0.15) is 34.1 Å². The van der Waals surface area contributed by atoms with Gasteiger partial charge >= 0.3 is 0 Å². The average molecular weight is 205 g/mol. The van der Waals surface area contributed by atoms with Crippen molar-refractivity contribution >= 4 is 23.8 Å². The Morgan fingerprint density at radius 2 is 1.60 bits per heavy atom. The molecule has 0 nitrogen and oxygen atoms in total. The van der Waals surface area contributed by atoms with Crippen LogP contribution in [0.4, 0.5) is 0 Å². The van der Waals surface area contributed by atoms with Gasteiger partial charge in [-0.15, -0.1) is 0 Å². The minimum absolute atomic E-state index is 0.443. The number of hydrogen-bond donors (Lipinski definition) is 0. The lowest BCUT2D eigenvalue weighted by Crippen LogP contribution is -2.20. The molecule has 60 valence electrons. The minimum atomic E-state index is 0.443. The van der Waals surface area contributed by atoms with Crippen molar-refractivity contribution in [2.45, 2.75) is 39.4 Å². The zero-order valence-corrected chi connectivity index (χ0v) is 9.38. The molecule has 0 fully saturated rings. The van der Waals surface area contributed by atoms with Gasteiger partial charge in [-0.3, -0.25) is 0 Å². The molecule has 0 aliphatic heterocycles. The Morgan fingerprint density at radius 1 is 1.20 bits per heavy atom. The smallest absolute Gasteiger partial charge is 0.0922 e. The molecule has 0 heterocycles. The van der Waals surface area contributed by atoms with E-state index in [0.717, 1.165) is 5.33 Å². The minimum Gasteiger partial charge on any atom is -0.0922 e. The van der Waals surface area contributed by atoms with Gasteiger partial charge in [0.1, 0.15) is 7.85 Å².